The topological polar surface area (TPSA) is 67.8 Å². The minimum Gasteiger partial charge on any atom is -0.497 e. The Morgan fingerprint density at radius 1 is 1.23 bits per heavy atom. The lowest BCUT2D eigenvalue weighted by Gasteiger charge is -2.11. The highest BCUT2D eigenvalue weighted by atomic mass is 32.1. The number of hydrogen-bond donors (Lipinski definition) is 2. The summed E-state index contributed by atoms with van der Waals surface area (Å²) in [5, 5.41) is 7.61. The number of thiazole rings is 1. The van der Waals surface area contributed by atoms with Crippen LogP contribution in [0.5, 0.6) is 5.75 Å². The van der Waals surface area contributed by atoms with Crippen molar-refractivity contribution in [3.8, 4) is 5.75 Å². The second-order valence-electron chi connectivity index (χ2n) is 5.74. The largest absolute Gasteiger partial charge is 0.497 e. The summed E-state index contributed by atoms with van der Waals surface area (Å²) >= 11 is 1.68. The van der Waals surface area contributed by atoms with Gasteiger partial charge in [-0.1, -0.05) is 12.1 Å². The summed E-state index contributed by atoms with van der Waals surface area (Å²) in [7, 11) is 1.67. The molecule has 0 fully saturated rings. The Morgan fingerprint density at radius 3 is 2.69 bits per heavy atom. The highest BCUT2D eigenvalue weighted by Gasteiger charge is 2.01. The first kappa shape index (κ1) is 20.2. The molecule has 0 aliphatic heterocycles. The van der Waals surface area contributed by atoms with Gasteiger partial charge in [-0.05, 0) is 38.0 Å². The zero-order chi connectivity index (χ0) is 18.6. The number of aromatic nitrogens is 1. The van der Waals surface area contributed by atoms with E-state index in [0.717, 1.165) is 41.8 Å². The fourth-order valence-corrected chi connectivity index (χ4v) is 2.97. The van der Waals surface area contributed by atoms with Crippen LogP contribution in [-0.2, 0) is 17.9 Å². The number of methoxy groups -OCH3 is 1. The Hall–Kier alpha value is -2.12. The Balaban J connectivity index is 1.63. The number of guanidine groups is 1. The molecule has 0 bridgehead atoms. The van der Waals surface area contributed by atoms with Gasteiger partial charge in [0, 0.05) is 30.8 Å². The van der Waals surface area contributed by atoms with Gasteiger partial charge in [-0.2, -0.15) is 0 Å². The van der Waals surface area contributed by atoms with Gasteiger partial charge in [0.25, 0.3) is 0 Å². The van der Waals surface area contributed by atoms with Crippen molar-refractivity contribution in [2.45, 2.75) is 33.4 Å². The average molecular weight is 377 g/mol. The lowest BCUT2D eigenvalue weighted by atomic mass is 10.2. The molecule has 0 saturated heterocycles. The predicted octanol–water partition coefficient (Wildman–Crippen LogP) is 3.12. The van der Waals surface area contributed by atoms with E-state index in [1.165, 1.54) is 4.88 Å². The molecule has 0 saturated carbocycles. The van der Waals surface area contributed by atoms with E-state index in [1.54, 1.807) is 18.4 Å². The summed E-state index contributed by atoms with van der Waals surface area (Å²) in [6.07, 6.45) is 2.80. The number of aliphatic imine (C=N–C) groups is 1. The average Bonchev–Trinajstić information content (AvgIpc) is 3.08. The summed E-state index contributed by atoms with van der Waals surface area (Å²) in [6.45, 7) is 7.67. The SMILES string of the molecule is CCNC(=NCc1ncc(C)s1)NCCCOCc1ccc(OC)cc1. The molecule has 0 unspecified atom stereocenters. The van der Waals surface area contributed by atoms with Crippen LogP contribution in [-0.4, -0.2) is 37.7 Å². The highest BCUT2D eigenvalue weighted by molar-refractivity contribution is 7.11. The molecular weight excluding hydrogens is 348 g/mol. The van der Waals surface area contributed by atoms with E-state index in [1.807, 2.05) is 30.5 Å². The molecule has 142 valence electrons. The molecule has 0 spiro atoms. The third kappa shape index (κ3) is 7.41. The first-order valence-corrected chi connectivity index (χ1v) is 9.67. The summed E-state index contributed by atoms with van der Waals surface area (Å²) in [6, 6.07) is 7.94. The lowest BCUT2D eigenvalue weighted by Crippen LogP contribution is -2.38. The lowest BCUT2D eigenvalue weighted by molar-refractivity contribution is 0.119. The van der Waals surface area contributed by atoms with E-state index in [0.29, 0.717) is 19.8 Å². The van der Waals surface area contributed by atoms with Crippen molar-refractivity contribution in [3.05, 3.63) is 45.9 Å². The molecule has 2 rings (SSSR count). The third-order valence-corrected chi connectivity index (χ3v) is 4.47. The van der Waals surface area contributed by atoms with Gasteiger partial charge in [0.1, 0.15) is 10.8 Å². The van der Waals surface area contributed by atoms with Gasteiger partial charge < -0.3 is 20.1 Å². The second-order valence-corrected chi connectivity index (χ2v) is 7.06. The molecule has 0 radical (unpaired) electrons. The first-order valence-electron chi connectivity index (χ1n) is 8.85. The molecule has 0 atom stereocenters. The predicted molar refractivity (Wildman–Crippen MR) is 107 cm³/mol. The van der Waals surface area contributed by atoms with Gasteiger partial charge in [-0.15, -0.1) is 11.3 Å². The van der Waals surface area contributed by atoms with Crippen LogP contribution in [0.1, 0.15) is 28.8 Å². The monoisotopic (exact) mass is 376 g/mol. The van der Waals surface area contributed by atoms with E-state index in [2.05, 4.69) is 34.5 Å². The van der Waals surface area contributed by atoms with Crippen LogP contribution in [0.4, 0.5) is 0 Å². The molecule has 0 aliphatic rings. The van der Waals surface area contributed by atoms with Crippen molar-refractivity contribution in [1.29, 1.82) is 0 Å². The molecular formula is C19H28N4O2S. The summed E-state index contributed by atoms with van der Waals surface area (Å²) in [5.74, 6) is 1.68. The Kier molecular flexibility index (Phi) is 8.92. The van der Waals surface area contributed by atoms with Gasteiger partial charge in [0.2, 0.25) is 0 Å². The zero-order valence-electron chi connectivity index (χ0n) is 15.7. The maximum Gasteiger partial charge on any atom is 0.191 e. The number of hydrogen-bond acceptors (Lipinski definition) is 5. The van der Waals surface area contributed by atoms with Crippen LogP contribution < -0.4 is 15.4 Å². The zero-order valence-corrected chi connectivity index (χ0v) is 16.6. The maximum atomic E-state index is 5.72. The normalized spacial score (nSPS) is 11.4. The molecule has 1 heterocycles. The van der Waals surface area contributed by atoms with Crippen molar-refractivity contribution in [3.63, 3.8) is 0 Å². The quantitative estimate of drug-likeness (QED) is 0.379. The van der Waals surface area contributed by atoms with Crippen LogP contribution in [0.2, 0.25) is 0 Å². The van der Waals surface area contributed by atoms with Crippen molar-refractivity contribution in [1.82, 2.24) is 15.6 Å². The molecule has 6 nitrogen and oxygen atoms in total. The molecule has 1 aromatic carbocycles. The van der Waals surface area contributed by atoms with E-state index in [9.17, 15) is 0 Å². The van der Waals surface area contributed by atoms with Gasteiger partial charge in [0.15, 0.2) is 5.96 Å². The highest BCUT2D eigenvalue weighted by Crippen LogP contribution is 2.12. The van der Waals surface area contributed by atoms with E-state index in [-0.39, 0.29) is 0 Å². The number of rotatable bonds is 10. The molecule has 0 aliphatic carbocycles. The molecule has 26 heavy (non-hydrogen) atoms. The summed E-state index contributed by atoms with van der Waals surface area (Å²) in [4.78, 5) is 10.1. The summed E-state index contributed by atoms with van der Waals surface area (Å²) < 4.78 is 10.9. The second kappa shape index (κ2) is 11.5. The van der Waals surface area contributed by atoms with Crippen molar-refractivity contribution in [2.75, 3.05) is 26.8 Å². The number of benzene rings is 1. The van der Waals surface area contributed by atoms with Crippen molar-refractivity contribution < 1.29 is 9.47 Å². The van der Waals surface area contributed by atoms with Gasteiger partial charge in [-0.25, -0.2) is 9.98 Å². The summed E-state index contributed by atoms with van der Waals surface area (Å²) in [5.41, 5.74) is 1.15. The van der Waals surface area contributed by atoms with Crippen LogP contribution in [0.15, 0.2) is 35.5 Å². The Morgan fingerprint density at radius 2 is 2.04 bits per heavy atom. The Labute approximate surface area is 159 Å². The molecule has 2 aromatic rings. The van der Waals surface area contributed by atoms with Crippen LogP contribution in [0.25, 0.3) is 0 Å². The standard InChI is InChI=1S/C19H28N4O2S/c1-4-20-19(23-13-18-22-12-15(2)26-18)21-10-5-11-25-14-16-6-8-17(24-3)9-7-16/h6-9,12H,4-5,10-11,13-14H2,1-3H3,(H2,20,21,23). The number of nitrogens with one attached hydrogen (secondary N) is 2. The fraction of sp³-hybridized carbons (Fsp3) is 0.474. The van der Waals surface area contributed by atoms with E-state index >= 15 is 0 Å². The molecule has 2 N–H and O–H groups in total. The molecule has 0 amide bonds. The minimum absolute atomic E-state index is 0.599. The smallest absolute Gasteiger partial charge is 0.191 e. The molecule has 7 heteroatoms. The van der Waals surface area contributed by atoms with Crippen molar-refractivity contribution in [2.24, 2.45) is 4.99 Å². The number of aryl methyl sites for hydroxylation is 1. The van der Waals surface area contributed by atoms with Crippen LogP contribution in [0.3, 0.4) is 0 Å². The Bertz CT molecular complexity index is 670. The van der Waals surface area contributed by atoms with Gasteiger partial charge >= 0.3 is 0 Å². The third-order valence-electron chi connectivity index (χ3n) is 3.57. The molecule has 1 aromatic heterocycles. The number of nitrogens with zero attached hydrogens (tertiary/aromatic N) is 2. The van der Waals surface area contributed by atoms with E-state index in [4.69, 9.17) is 9.47 Å². The minimum atomic E-state index is 0.599. The van der Waals surface area contributed by atoms with E-state index < -0.39 is 0 Å². The van der Waals surface area contributed by atoms with Crippen LogP contribution in [0, 0.1) is 6.92 Å². The van der Waals surface area contributed by atoms with Crippen molar-refractivity contribution >= 4 is 17.3 Å². The fourth-order valence-electron chi connectivity index (χ4n) is 2.26. The van der Waals surface area contributed by atoms with Gasteiger partial charge in [-0.3, -0.25) is 0 Å². The maximum absolute atomic E-state index is 5.72. The van der Waals surface area contributed by atoms with Gasteiger partial charge in [0.05, 0.1) is 20.3 Å². The van der Waals surface area contributed by atoms with Crippen LogP contribution >= 0.6 is 11.3 Å². The first-order chi connectivity index (χ1) is 12.7. The number of ether oxygens (including phenoxy) is 2.